The molecule has 0 aliphatic heterocycles. The normalized spacial score (nSPS) is 11.7. The van der Waals surface area contributed by atoms with Crippen LogP contribution in [0.2, 0.25) is 0 Å². The average Bonchev–Trinajstić information content (AvgIpc) is 3.04. The third-order valence-corrected chi connectivity index (χ3v) is 4.34. The van der Waals surface area contributed by atoms with Gasteiger partial charge in [-0.2, -0.15) is 0 Å². The number of fused-ring (bicyclic) bond motifs is 1. The summed E-state index contributed by atoms with van der Waals surface area (Å²) in [4.78, 5) is 4.26. The van der Waals surface area contributed by atoms with Crippen LogP contribution in [0, 0.1) is 0 Å². The zero-order valence-electron chi connectivity index (χ0n) is 14.1. The highest BCUT2D eigenvalue weighted by atomic mass is 79.9. The van der Waals surface area contributed by atoms with Crippen LogP contribution in [0.5, 0.6) is 0 Å². The van der Waals surface area contributed by atoms with Crippen LogP contribution in [-0.2, 0) is 13.0 Å². The highest BCUT2D eigenvalue weighted by molar-refractivity contribution is 9.10. The SMILES string of the molecule is CN=C(NCCCc1cccc(Br)c1)NCc1nnc2ccccn12. The lowest BCUT2D eigenvalue weighted by molar-refractivity contribution is 0.727. The molecule has 25 heavy (non-hydrogen) atoms. The largest absolute Gasteiger partial charge is 0.356 e. The maximum absolute atomic E-state index is 4.26. The smallest absolute Gasteiger partial charge is 0.191 e. The molecule has 0 atom stereocenters. The van der Waals surface area contributed by atoms with Crippen LogP contribution in [0.15, 0.2) is 58.1 Å². The first-order chi connectivity index (χ1) is 12.3. The number of aliphatic imine (C=N–C) groups is 1. The molecule has 0 unspecified atom stereocenters. The first-order valence-electron chi connectivity index (χ1n) is 8.24. The van der Waals surface area contributed by atoms with Crippen molar-refractivity contribution in [1.82, 2.24) is 25.2 Å². The van der Waals surface area contributed by atoms with E-state index in [2.05, 4.69) is 60.0 Å². The van der Waals surface area contributed by atoms with E-state index in [-0.39, 0.29) is 0 Å². The Morgan fingerprint density at radius 2 is 2.08 bits per heavy atom. The number of aromatic nitrogens is 3. The van der Waals surface area contributed by atoms with Crippen molar-refractivity contribution >= 4 is 27.5 Å². The minimum atomic E-state index is 0.566. The minimum absolute atomic E-state index is 0.566. The summed E-state index contributed by atoms with van der Waals surface area (Å²) in [5.74, 6) is 1.62. The van der Waals surface area contributed by atoms with Gasteiger partial charge in [-0.25, -0.2) is 0 Å². The van der Waals surface area contributed by atoms with Crippen molar-refractivity contribution in [3.05, 3.63) is 64.5 Å². The van der Waals surface area contributed by atoms with Crippen molar-refractivity contribution in [2.75, 3.05) is 13.6 Å². The van der Waals surface area contributed by atoms with Crippen LogP contribution < -0.4 is 10.6 Å². The van der Waals surface area contributed by atoms with Gasteiger partial charge >= 0.3 is 0 Å². The van der Waals surface area contributed by atoms with Crippen LogP contribution in [0.25, 0.3) is 5.65 Å². The summed E-state index contributed by atoms with van der Waals surface area (Å²) in [5.41, 5.74) is 2.17. The van der Waals surface area contributed by atoms with Crippen LogP contribution in [-0.4, -0.2) is 34.2 Å². The van der Waals surface area contributed by atoms with E-state index < -0.39 is 0 Å². The number of hydrogen-bond acceptors (Lipinski definition) is 3. The number of aryl methyl sites for hydroxylation is 1. The predicted molar refractivity (Wildman–Crippen MR) is 104 cm³/mol. The van der Waals surface area contributed by atoms with Gasteiger partial charge in [0.05, 0.1) is 6.54 Å². The van der Waals surface area contributed by atoms with Gasteiger partial charge in [0.1, 0.15) is 0 Å². The molecule has 2 N–H and O–H groups in total. The quantitative estimate of drug-likeness (QED) is 0.379. The maximum atomic E-state index is 4.26. The molecule has 0 radical (unpaired) electrons. The summed E-state index contributed by atoms with van der Waals surface area (Å²) in [6.07, 6.45) is 4.02. The van der Waals surface area contributed by atoms with Gasteiger partial charge in [-0.05, 0) is 42.7 Å². The van der Waals surface area contributed by atoms with Crippen LogP contribution >= 0.6 is 15.9 Å². The van der Waals surface area contributed by atoms with Crippen molar-refractivity contribution in [2.24, 2.45) is 4.99 Å². The summed E-state index contributed by atoms with van der Waals surface area (Å²) in [6.45, 7) is 1.42. The molecule has 2 heterocycles. The molecule has 0 saturated carbocycles. The van der Waals surface area contributed by atoms with Crippen molar-refractivity contribution in [3.8, 4) is 0 Å². The van der Waals surface area contributed by atoms with Gasteiger partial charge in [0.2, 0.25) is 0 Å². The van der Waals surface area contributed by atoms with E-state index in [0.717, 1.165) is 41.3 Å². The van der Waals surface area contributed by atoms with Crippen molar-refractivity contribution in [1.29, 1.82) is 0 Å². The van der Waals surface area contributed by atoms with E-state index in [4.69, 9.17) is 0 Å². The minimum Gasteiger partial charge on any atom is -0.356 e. The Morgan fingerprint density at radius 3 is 2.92 bits per heavy atom. The van der Waals surface area contributed by atoms with Crippen LogP contribution in [0.1, 0.15) is 17.8 Å². The molecule has 0 saturated heterocycles. The van der Waals surface area contributed by atoms with Gasteiger partial charge in [-0.1, -0.05) is 34.1 Å². The number of nitrogens with zero attached hydrogens (tertiary/aromatic N) is 4. The molecular weight excluding hydrogens is 380 g/mol. The van der Waals surface area contributed by atoms with Gasteiger partial charge in [-0.15, -0.1) is 10.2 Å². The fraction of sp³-hybridized carbons (Fsp3) is 0.278. The third kappa shape index (κ3) is 4.79. The Labute approximate surface area is 155 Å². The lowest BCUT2D eigenvalue weighted by Crippen LogP contribution is -2.37. The second kappa shape index (κ2) is 8.62. The Hall–Kier alpha value is -2.41. The van der Waals surface area contributed by atoms with Gasteiger partial charge in [0, 0.05) is 24.3 Å². The summed E-state index contributed by atoms with van der Waals surface area (Å²) in [6, 6.07) is 14.3. The van der Waals surface area contributed by atoms with E-state index in [0.29, 0.717) is 6.54 Å². The molecule has 7 heteroatoms. The Balaban J connectivity index is 1.45. The molecule has 0 fully saturated rings. The standard InChI is InChI=1S/C18H21BrN6/c1-20-18(21-10-5-7-14-6-4-8-15(19)12-14)22-13-17-24-23-16-9-2-3-11-25(16)17/h2-4,6,8-9,11-12H,5,7,10,13H2,1H3,(H2,20,21,22). The zero-order valence-corrected chi connectivity index (χ0v) is 15.7. The van der Waals surface area contributed by atoms with E-state index in [1.807, 2.05) is 34.9 Å². The van der Waals surface area contributed by atoms with Crippen molar-refractivity contribution < 1.29 is 0 Å². The lowest BCUT2D eigenvalue weighted by atomic mass is 10.1. The molecule has 0 aliphatic carbocycles. The molecule has 0 aliphatic rings. The van der Waals surface area contributed by atoms with Gasteiger partial charge in [0.25, 0.3) is 0 Å². The van der Waals surface area contributed by atoms with Gasteiger partial charge in [-0.3, -0.25) is 9.39 Å². The van der Waals surface area contributed by atoms with E-state index in [1.165, 1.54) is 5.56 Å². The summed E-state index contributed by atoms with van der Waals surface area (Å²) in [5, 5.41) is 15.0. The van der Waals surface area contributed by atoms with Crippen molar-refractivity contribution in [3.63, 3.8) is 0 Å². The lowest BCUT2D eigenvalue weighted by Gasteiger charge is -2.11. The molecular formula is C18H21BrN6. The monoisotopic (exact) mass is 400 g/mol. The zero-order chi connectivity index (χ0) is 17.5. The fourth-order valence-corrected chi connectivity index (χ4v) is 3.03. The van der Waals surface area contributed by atoms with E-state index in [9.17, 15) is 0 Å². The highest BCUT2D eigenvalue weighted by Crippen LogP contribution is 2.12. The molecule has 3 rings (SSSR count). The number of benzene rings is 1. The van der Waals surface area contributed by atoms with Crippen LogP contribution in [0.4, 0.5) is 0 Å². The molecule has 0 spiro atoms. The van der Waals surface area contributed by atoms with Gasteiger partial charge < -0.3 is 10.6 Å². The Bertz CT molecular complexity index is 857. The Kier molecular flexibility index (Phi) is 6.00. The molecule has 3 aromatic rings. The molecule has 0 bridgehead atoms. The second-order valence-electron chi connectivity index (χ2n) is 5.63. The third-order valence-electron chi connectivity index (χ3n) is 3.85. The number of halogens is 1. The number of pyridine rings is 1. The van der Waals surface area contributed by atoms with Crippen molar-refractivity contribution in [2.45, 2.75) is 19.4 Å². The van der Waals surface area contributed by atoms with E-state index >= 15 is 0 Å². The number of hydrogen-bond donors (Lipinski definition) is 2. The number of guanidine groups is 1. The number of nitrogens with one attached hydrogen (secondary N) is 2. The first kappa shape index (κ1) is 17.4. The summed E-state index contributed by atoms with van der Waals surface area (Å²) >= 11 is 3.50. The molecule has 130 valence electrons. The Morgan fingerprint density at radius 1 is 1.16 bits per heavy atom. The number of rotatable bonds is 6. The molecule has 2 aromatic heterocycles. The molecule has 1 aromatic carbocycles. The summed E-state index contributed by atoms with van der Waals surface area (Å²) < 4.78 is 3.09. The highest BCUT2D eigenvalue weighted by Gasteiger charge is 2.05. The molecule has 6 nitrogen and oxygen atoms in total. The summed E-state index contributed by atoms with van der Waals surface area (Å²) in [7, 11) is 1.77. The van der Waals surface area contributed by atoms with E-state index in [1.54, 1.807) is 7.05 Å². The van der Waals surface area contributed by atoms with Gasteiger partial charge in [0.15, 0.2) is 17.4 Å². The predicted octanol–water partition coefficient (Wildman–Crippen LogP) is 2.79. The second-order valence-corrected chi connectivity index (χ2v) is 6.55. The molecule has 0 amide bonds. The topological polar surface area (TPSA) is 66.6 Å². The average molecular weight is 401 g/mol. The first-order valence-corrected chi connectivity index (χ1v) is 9.03. The maximum Gasteiger partial charge on any atom is 0.191 e. The van der Waals surface area contributed by atoms with Crippen LogP contribution in [0.3, 0.4) is 0 Å². The fourth-order valence-electron chi connectivity index (χ4n) is 2.59.